The van der Waals surface area contributed by atoms with E-state index in [1.54, 1.807) is 25.4 Å². The van der Waals surface area contributed by atoms with Crippen LogP contribution in [0.3, 0.4) is 0 Å². The van der Waals surface area contributed by atoms with Gasteiger partial charge < -0.3 is 8.98 Å². The zero-order valence-electron chi connectivity index (χ0n) is 21.6. The summed E-state index contributed by atoms with van der Waals surface area (Å²) in [4.78, 5) is 30.1. The lowest BCUT2D eigenvalue weighted by atomic mass is 9.82. The quantitative estimate of drug-likeness (QED) is 0.315. The fourth-order valence-corrected chi connectivity index (χ4v) is 6.35. The van der Waals surface area contributed by atoms with Gasteiger partial charge in [0.25, 0.3) is 5.89 Å². The Balaban J connectivity index is 1.59. The van der Waals surface area contributed by atoms with E-state index in [-0.39, 0.29) is 17.6 Å². The van der Waals surface area contributed by atoms with Crippen LogP contribution in [0.2, 0.25) is 5.02 Å². The third kappa shape index (κ3) is 4.63. The summed E-state index contributed by atoms with van der Waals surface area (Å²) in [5.41, 5.74) is 0.455. The van der Waals surface area contributed by atoms with Crippen molar-refractivity contribution in [3.8, 4) is 23.0 Å². The van der Waals surface area contributed by atoms with Gasteiger partial charge in [-0.3, -0.25) is 4.98 Å². The molecule has 0 saturated heterocycles. The van der Waals surface area contributed by atoms with E-state index in [0.29, 0.717) is 51.6 Å². The molecule has 0 amide bonds. The van der Waals surface area contributed by atoms with E-state index in [1.807, 2.05) is 4.57 Å². The smallest absolute Gasteiger partial charge is 0.384 e. The number of aromatic nitrogens is 7. The summed E-state index contributed by atoms with van der Waals surface area (Å²) in [5.74, 6) is 0.666. The zero-order valence-corrected chi connectivity index (χ0v) is 22.3. The van der Waals surface area contributed by atoms with Gasteiger partial charge in [0.05, 0.1) is 5.02 Å². The summed E-state index contributed by atoms with van der Waals surface area (Å²) < 4.78 is 24.0. The second-order valence-electron chi connectivity index (χ2n) is 11.1. The summed E-state index contributed by atoms with van der Waals surface area (Å²) in [6.07, 6.45) is 11.4. The minimum atomic E-state index is -1.64. The molecule has 1 atom stereocenters. The van der Waals surface area contributed by atoms with E-state index in [4.69, 9.17) is 26.0 Å². The van der Waals surface area contributed by atoms with Gasteiger partial charge in [0, 0.05) is 30.4 Å². The first kappa shape index (κ1) is 25.2. The van der Waals surface area contributed by atoms with Gasteiger partial charge >= 0.3 is 5.76 Å². The summed E-state index contributed by atoms with van der Waals surface area (Å²) in [6, 6.07) is 1.76. The monoisotopic (exact) mass is 539 g/mol. The zero-order chi connectivity index (χ0) is 26.4. The SMILES string of the molecule is CC(F)(c1nc2nc(-c3n[nH]c(=O)o3)nc(-c3cncc(Cl)c3)c2n1C[C@H]1CC[C@H](C)CC1)C1CCCC1. The number of aromatic amines is 1. The third-order valence-corrected chi connectivity index (χ3v) is 8.55. The van der Waals surface area contributed by atoms with Crippen LogP contribution in [0.25, 0.3) is 34.1 Å². The van der Waals surface area contributed by atoms with Crippen LogP contribution in [-0.4, -0.2) is 34.7 Å². The second kappa shape index (κ2) is 9.87. The highest BCUT2D eigenvalue weighted by atomic mass is 35.5. The van der Waals surface area contributed by atoms with Crippen LogP contribution >= 0.6 is 11.6 Å². The number of imidazole rings is 1. The van der Waals surface area contributed by atoms with Crippen LogP contribution in [0.4, 0.5) is 4.39 Å². The van der Waals surface area contributed by atoms with E-state index in [9.17, 15) is 4.79 Å². The third-order valence-electron chi connectivity index (χ3n) is 8.35. The van der Waals surface area contributed by atoms with Crippen LogP contribution in [0.15, 0.2) is 27.7 Å². The molecule has 38 heavy (non-hydrogen) atoms. The van der Waals surface area contributed by atoms with E-state index < -0.39 is 11.4 Å². The van der Waals surface area contributed by atoms with Crippen LogP contribution in [0.5, 0.6) is 0 Å². The van der Waals surface area contributed by atoms with Gasteiger partial charge in [0.15, 0.2) is 11.3 Å². The van der Waals surface area contributed by atoms with Crippen molar-refractivity contribution >= 4 is 22.8 Å². The molecule has 0 bridgehead atoms. The van der Waals surface area contributed by atoms with E-state index in [0.717, 1.165) is 51.4 Å². The molecule has 1 unspecified atom stereocenters. The van der Waals surface area contributed by atoms with Gasteiger partial charge in [-0.2, -0.15) is 0 Å². The Morgan fingerprint density at radius 1 is 1.13 bits per heavy atom. The Labute approximate surface area is 224 Å². The number of alkyl halides is 1. The lowest BCUT2D eigenvalue weighted by Crippen LogP contribution is -2.30. The number of halogens is 2. The van der Waals surface area contributed by atoms with Crippen LogP contribution in [0, 0.1) is 17.8 Å². The first-order chi connectivity index (χ1) is 18.3. The molecule has 0 aliphatic heterocycles. The van der Waals surface area contributed by atoms with E-state index in [1.165, 1.54) is 0 Å². The average molecular weight is 540 g/mol. The molecule has 2 saturated carbocycles. The Morgan fingerprint density at radius 3 is 2.58 bits per heavy atom. The van der Waals surface area contributed by atoms with Crippen LogP contribution < -0.4 is 5.76 Å². The molecule has 11 heteroatoms. The molecule has 0 spiro atoms. The van der Waals surface area contributed by atoms with Gasteiger partial charge in [-0.15, -0.1) is 5.10 Å². The number of hydrogen-bond acceptors (Lipinski definition) is 7. The van der Waals surface area contributed by atoms with Gasteiger partial charge in [-0.1, -0.05) is 44.2 Å². The maximum atomic E-state index is 16.8. The van der Waals surface area contributed by atoms with E-state index >= 15 is 4.39 Å². The molecule has 0 aromatic carbocycles. The fraction of sp³-hybridized carbons (Fsp3) is 0.556. The van der Waals surface area contributed by atoms with Gasteiger partial charge in [0.2, 0.25) is 5.82 Å². The van der Waals surface area contributed by atoms with Gasteiger partial charge in [0.1, 0.15) is 17.0 Å². The first-order valence-electron chi connectivity index (χ1n) is 13.4. The van der Waals surface area contributed by atoms with E-state index in [2.05, 4.69) is 27.1 Å². The maximum absolute atomic E-state index is 16.8. The summed E-state index contributed by atoms with van der Waals surface area (Å²) in [5, 5.41) is 6.60. The van der Waals surface area contributed by atoms with Crippen molar-refractivity contribution in [3.05, 3.63) is 39.9 Å². The number of H-pyrrole nitrogens is 1. The lowest BCUT2D eigenvalue weighted by Gasteiger charge is -2.31. The van der Waals surface area contributed by atoms with Gasteiger partial charge in [-0.25, -0.2) is 29.2 Å². The van der Waals surface area contributed by atoms with Crippen LogP contribution in [-0.2, 0) is 12.2 Å². The molecule has 200 valence electrons. The topological polar surface area (TPSA) is 115 Å². The molecule has 1 N–H and O–H groups in total. The minimum absolute atomic E-state index is 0.0655. The average Bonchev–Trinajstić information content (AvgIpc) is 3.66. The van der Waals surface area contributed by atoms with Crippen molar-refractivity contribution in [2.24, 2.45) is 17.8 Å². The molecule has 4 aromatic heterocycles. The number of hydrogen-bond donors (Lipinski definition) is 1. The molecule has 2 aliphatic rings. The van der Waals surface area contributed by atoms with Crippen molar-refractivity contribution in [3.63, 3.8) is 0 Å². The first-order valence-corrected chi connectivity index (χ1v) is 13.8. The molecular weight excluding hydrogens is 509 g/mol. The molecule has 9 nitrogen and oxygen atoms in total. The Kier molecular flexibility index (Phi) is 6.53. The molecule has 0 radical (unpaired) electrons. The van der Waals surface area contributed by atoms with Crippen molar-refractivity contribution < 1.29 is 8.81 Å². The minimum Gasteiger partial charge on any atom is -0.384 e. The second-order valence-corrected chi connectivity index (χ2v) is 11.5. The highest BCUT2D eigenvalue weighted by Crippen LogP contribution is 2.45. The van der Waals surface area contributed by atoms with Crippen molar-refractivity contribution in [2.75, 3.05) is 0 Å². The molecular formula is C27H31ClFN7O2. The summed E-state index contributed by atoms with van der Waals surface area (Å²) in [7, 11) is 0. The van der Waals surface area contributed by atoms with Gasteiger partial charge in [-0.05, 0) is 50.5 Å². The molecule has 6 rings (SSSR count). The van der Waals surface area contributed by atoms with Crippen LogP contribution in [0.1, 0.15) is 71.0 Å². The molecule has 4 aromatic rings. The predicted molar refractivity (Wildman–Crippen MR) is 141 cm³/mol. The lowest BCUT2D eigenvalue weighted by molar-refractivity contribution is 0.0870. The van der Waals surface area contributed by atoms with Crippen molar-refractivity contribution in [2.45, 2.75) is 77.4 Å². The largest absolute Gasteiger partial charge is 0.434 e. The number of nitrogens with one attached hydrogen (secondary N) is 1. The number of rotatable bonds is 6. The Morgan fingerprint density at radius 2 is 1.89 bits per heavy atom. The predicted octanol–water partition coefficient (Wildman–Crippen LogP) is 6.09. The summed E-state index contributed by atoms with van der Waals surface area (Å²) >= 11 is 6.31. The highest BCUT2D eigenvalue weighted by molar-refractivity contribution is 6.30. The number of fused-ring (bicyclic) bond motifs is 1. The standard InChI is InChI=1S/C27H31ClFN7O2/c1-15-7-9-16(10-8-15)14-36-21-20(17-11-19(28)13-30-12-17)31-23(24-34-35-26(37)38-24)32-22(21)33-25(36)27(2,29)18-5-3-4-6-18/h11-13,15-16,18H,3-10,14H2,1-2H3,(H,35,37)/t15-,16-,27?. The highest BCUT2D eigenvalue weighted by Gasteiger charge is 2.43. The maximum Gasteiger partial charge on any atom is 0.434 e. The van der Waals surface area contributed by atoms with Crippen molar-refractivity contribution in [1.29, 1.82) is 0 Å². The van der Waals surface area contributed by atoms with Crippen molar-refractivity contribution in [1.82, 2.24) is 34.7 Å². The normalized spacial score (nSPS) is 22.2. The Hall–Kier alpha value is -3.14. The molecule has 4 heterocycles. The molecule has 2 fully saturated rings. The fourth-order valence-electron chi connectivity index (χ4n) is 6.17. The summed E-state index contributed by atoms with van der Waals surface area (Å²) in [6.45, 7) is 4.58. The Bertz CT molecular complexity index is 1510. The number of pyridine rings is 1. The molecule has 2 aliphatic carbocycles. The number of nitrogens with zero attached hydrogens (tertiary/aromatic N) is 6.